The van der Waals surface area contributed by atoms with E-state index in [-0.39, 0.29) is 11.9 Å². The van der Waals surface area contributed by atoms with Crippen LogP contribution in [0.1, 0.15) is 19.9 Å². The molecule has 1 fully saturated rings. The van der Waals surface area contributed by atoms with Crippen LogP contribution in [0.5, 0.6) is 0 Å². The van der Waals surface area contributed by atoms with Crippen molar-refractivity contribution < 1.29 is 14.7 Å². The molecule has 7 nitrogen and oxygen atoms in total. The fourth-order valence-electron chi connectivity index (χ4n) is 2.37. The molecule has 20 heavy (non-hydrogen) atoms. The zero-order valence-corrected chi connectivity index (χ0v) is 11.8. The molecular weight excluding hydrogens is 260 g/mol. The Bertz CT molecular complexity index is 466. The van der Waals surface area contributed by atoms with Gasteiger partial charge in [0.05, 0.1) is 0 Å². The molecule has 0 radical (unpaired) electrons. The standard InChI is InChI=1S/C13H20N4O3/c1-10(17-5-3-4-14-17)12(18)16-8-6-15(7-9-16)11(2)13(19)20/h3-5,10-11H,6-9H2,1-2H3,(H,19,20). The van der Waals surface area contributed by atoms with Crippen molar-refractivity contribution in [1.29, 1.82) is 0 Å². The summed E-state index contributed by atoms with van der Waals surface area (Å²) in [7, 11) is 0. The number of hydrogen-bond donors (Lipinski definition) is 1. The lowest BCUT2D eigenvalue weighted by Crippen LogP contribution is -2.54. The molecule has 0 bridgehead atoms. The molecule has 1 aromatic heterocycles. The summed E-state index contributed by atoms with van der Waals surface area (Å²) in [5.74, 6) is -0.800. The Morgan fingerprint density at radius 1 is 1.15 bits per heavy atom. The van der Waals surface area contributed by atoms with Gasteiger partial charge in [0, 0.05) is 38.6 Å². The average molecular weight is 280 g/mol. The van der Waals surface area contributed by atoms with Gasteiger partial charge in [0.1, 0.15) is 12.1 Å². The highest BCUT2D eigenvalue weighted by atomic mass is 16.4. The van der Waals surface area contributed by atoms with Gasteiger partial charge in [-0.15, -0.1) is 0 Å². The molecule has 0 aliphatic carbocycles. The average Bonchev–Trinajstić information content (AvgIpc) is 2.99. The van der Waals surface area contributed by atoms with Crippen LogP contribution in [0.15, 0.2) is 18.5 Å². The summed E-state index contributed by atoms with van der Waals surface area (Å²) in [5.41, 5.74) is 0. The first-order valence-corrected chi connectivity index (χ1v) is 6.75. The van der Waals surface area contributed by atoms with E-state index < -0.39 is 12.0 Å². The second-order valence-corrected chi connectivity index (χ2v) is 5.04. The highest BCUT2D eigenvalue weighted by molar-refractivity contribution is 5.80. The summed E-state index contributed by atoms with van der Waals surface area (Å²) in [6.45, 7) is 5.79. The molecule has 1 amide bonds. The molecule has 7 heteroatoms. The third-order valence-corrected chi connectivity index (χ3v) is 3.81. The van der Waals surface area contributed by atoms with Crippen molar-refractivity contribution in [3.63, 3.8) is 0 Å². The second-order valence-electron chi connectivity index (χ2n) is 5.04. The second kappa shape index (κ2) is 6.04. The molecule has 2 atom stereocenters. The minimum absolute atomic E-state index is 0.0244. The van der Waals surface area contributed by atoms with Gasteiger partial charge in [-0.25, -0.2) is 0 Å². The van der Waals surface area contributed by atoms with Crippen molar-refractivity contribution in [3.05, 3.63) is 18.5 Å². The Kier molecular flexibility index (Phi) is 4.39. The van der Waals surface area contributed by atoms with Crippen LogP contribution in [0.4, 0.5) is 0 Å². The number of carbonyl (C=O) groups is 2. The number of aliphatic carboxylic acids is 1. The van der Waals surface area contributed by atoms with Crippen molar-refractivity contribution in [2.75, 3.05) is 26.2 Å². The highest BCUT2D eigenvalue weighted by Crippen LogP contribution is 2.13. The quantitative estimate of drug-likeness (QED) is 0.844. The topological polar surface area (TPSA) is 78.7 Å². The number of piperazine rings is 1. The van der Waals surface area contributed by atoms with Crippen LogP contribution in [-0.4, -0.2) is 68.8 Å². The van der Waals surface area contributed by atoms with Gasteiger partial charge in [0.25, 0.3) is 0 Å². The Labute approximate surface area is 117 Å². The number of aromatic nitrogens is 2. The first-order valence-electron chi connectivity index (χ1n) is 6.75. The first-order chi connectivity index (χ1) is 9.50. The summed E-state index contributed by atoms with van der Waals surface area (Å²) in [5, 5.41) is 13.1. The zero-order valence-electron chi connectivity index (χ0n) is 11.8. The smallest absolute Gasteiger partial charge is 0.320 e. The maximum Gasteiger partial charge on any atom is 0.320 e. The van der Waals surface area contributed by atoms with Crippen LogP contribution in [0.25, 0.3) is 0 Å². The fraction of sp³-hybridized carbons (Fsp3) is 0.615. The van der Waals surface area contributed by atoms with Gasteiger partial charge in [-0.3, -0.25) is 19.2 Å². The van der Waals surface area contributed by atoms with E-state index in [9.17, 15) is 9.59 Å². The van der Waals surface area contributed by atoms with Crippen molar-refractivity contribution in [1.82, 2.24) is 19.6 Å². The van der Waals surface area contributed by atoms with Gasteiger partial charge in [-0.2, -0.15) is 5.10 Å². The lowest BCUT2D eigenvalue weighted by atomic mass is 10.2. The normalized spacial score (nSPS) is 19.6. The Morgan fingerprint density at radius 3 is 2.30 bits per heavy atom. The van der Waals surface area contributed by atoms with E-state index in [4.69, 9.17) is 5.11 Å². The Hall–Kier alpha value is -1.89. The highest BCUT2D eigenvalue weighted by Gasteiger charge is 2.29. The molecule has 2 unspecified atom stereocenters. The van der Waals surface area contributed by atoms with Gasteiger partial charge in [0.15, 0.2) is 0 Å². The lowest BCUT2D eigenvalue weighted by Gasteiger charge is -2.37. The van der Waals surface area contributed by atoms with Crippen molar-refractivity contribution in [2.45, 2.75) is 25.9 Å². The molecule has 0 spiro atoms. The number of amides is 1. The Morgan fingerprint density at radius 2 is 1.80 bits per heavy atom. The minimum atomic E-state index is -0.824. The summed E-state index contributed by atoms with van der Waals surface area (Å²) >= 11 is 0. The molecule has 1 saturated heterocycles. The molecule has 0 saturated carbocycles. The SMILES string of the molecule is CC(C(=O)O)N1CCN(C(=O)C(C)n2cccn2)CC1. The van der Waals surface area contributed by atoms with Gasteiger partial charge < -0.3 is 10.0 Å². The van der Waals surface area contributed by atoms with Gasteiger partial charge in [-0.05, 0) is 19.9 Å². The van der Waals surface area contributed by atoms with Crippen LogP contribution in [0.2, 0.25) is 0 Å². The van der Waals surface area contributed by atoms with Crippen LogP contribution < -0.4 is 0 Å². The fourth-order valence-corrected chi connectivity index (χ4v) is 2.37. The van der Waals surface area contributed by atoms with E-state index in [0.29, 0.717) is 26.2 Å². The van der Waals surface area contributed by atoms with Gasteiger partial charge in [-0.1, -0.05) is 0 Å². The van der Waals surface area contributed by atoms with Crippen LogP contribution in [-0.2, 0) is 9.59 Å². The third-order valence-electron chi connectivity index (χ3n) is 3.81. The van der Waals surface area contributed by atoms with Crippen molar-refractivity contribution in [2.24, 2.45) is 0 Å². The molecule has 2 heterocycles. The van der Waals surface area contributed by atoms with Crippen LogP contribution in [0, 0.1) is 0 Å². The van der Waals surface area contributed by atoms with Crippen molar-refractivity contribution >= 4 is 11.9 Å². The maximum atomic E-state index is 12.3. The summed E-state index contributed by atoms with van der Waals surface area (Å²) in [4.78, 5) is 26.9. The van der Waals surface area contributed by atoms with Crippen LogP contribution in [0.3, 0.4) is 0 Å². The molecule has 1 aliphatic heterocycles. The van der Waals surface area contributed by atoms with E-state index in [1.807, 2.05) is 11.8 Å². The summed E-state index contributed by atoms with van der Waals surface area (Å²) < 4.78 is 1.63. The molecule has 1 N–H and O–H groups in total. The van der Waals surface area contributed by atoms with E-state index in [2.05, 4.69) is 5.10 Å². The summed E-state index contributed by atoms with van der Waals surface area (Å²) in [6, 6.07) is 0.959. The van der Waals surface area contributed by atoms with E-state index in [1.54, 1.807) is 35.0 Å². The molecular formula is C13H20N4O3. The monoisotopic (exact) mass is 280 g/mol. The number of carbonyl (C=O) groups excluding carboxylic acids is 1. The Balaban J connectivity index is 1.90. The number of carboxylic acid groups (broad SMARTS) is 1. The van der Waals surface area contributed by atoms with Gasteiger partial charge >= 0.3 is 5.97 Å². The number of nitrogens with zero attached hydrogens (tertiary/aromatic N) is 4. The molecule has 1 aliphatic rings. The van der Waals surface area contributed by atoms with E-state index in [0.717, 1.165) is 0 Å². The van der Waals surface area contributed by atoms with E-state index in [1.165, 1.54) is 0 Å². The summed E-state index contributed by atoms with van der Waals surface area (Å²) in [6.07, 6.45) is 3.42. The lowest BCUT2D eigenvalue weighted by molar-refractivity contribution is -0.144. The first kappa shape index (κ1) is 14.5. The third kappa shape index (κ3) is 2.98. The molecule has 1 aromatic rings. The van der Waals surface area contributed by atoms with Crippen molar-refractivity contribution in [3.8, 4) is 0 Å². The number of rotatable bonds is 4. The largest absolute Gasteiger partial charge is 0.480 e. The van der Waals surface area contributed by atoms with Crippen LogP contribution >= 0.6 is 0 Å². The zero-order chi connectivity index (χ0) is 14.7. The predicted molar refractivity (Wildman–Crippen MR) is 72.2 cm³/mol. The number of carboxylic acids is 1. The number of hydrogen-bond acceptors (Lipinski definition) is 4. The van der Waals surface area contributed by atoms with Gasteiger partial charge in [0.2, 0.25) is 5.91 Å². The minimum Gasteiger partial charge on any atom is -0.480 e. The molecule has 0 aromatic carbocycles. The predicted octanol–water partition coefficient (Wildman–Crippen LogP) is 0.0614. The molecule has 110 valence electrons. The van der Waals surface area contributed by atoms with E-state index >= 15 is 0 Å². The maximum absolute atomic E-state index is 12.3. The molecule has 2 rings (SSSR count).